The molecule has 0 fully saturated rings. The fourth-order valence-corrected chi connectivity index (χ4v) is 1.96. The molecule has 0 spiro atoms. The Hall–Kier alpha value is -1.59. The van der Waals surface area contributed by atoms with Crippen LogP contribution in [0.3, 0.4) is 0 Å². The molecule has 0 aliphatic heterocycles. The van der Waals surface area contributed by atoms with E-state index >= 15 is 0 Å². The van der Waals surface area contributed by atoms with Gasteiger partial charge in [-0.3, -0.25) is 9.59 Å². The number of nitrogens with two attached hydrogens (primary N) is 1. The fourth-order valence-electron chi connectivity index (χ4n) is 1.83. The Morgan fingerprint density at radius 1 is 1.29 bits per heavy atom. The largest absolute Gasteiger partial charge is 0.481 e. The van der Waals surface area contributed by atoms with E-state index in [2.05, 4.69) is 0 Å². The number of rotatable bonds is 5. The lowest BCUT2D eigenvalue weighted by Gasteiger charge is -2.25. The molecule has 0 aliphatic carbocycles. The number of hydrogen-bond donors (Lipinski definition) is 2. The van der Waals surface area contributed by atoms with Crippen LogP contribution in [0.25, 0.3) is 0 Å². The van der Waals surface area contributed by atoms with Crippen LogP contribution >= 0.6 is 11.6 Å². The Balaban J connectivity index is 2.82. The molecule has 1 aromatic carbocycles. The first kappa shape index (κ1) is 17.5. The minimum Gasteiger partial charge on any atom is -0.481 e. The van der Waals surface area contributed by atoms with Gasteiger partial charge in [0.1, 0.15) is 5.60 Å². The standard InChI is InChI=1S/C15H20ClNO4/c1-15(2,3)21-14(20)12(13(18)19)11(17)8-9-4-6-10(16)7-5-9/h4-7,11-12H,8,17H2,1-3H3,(H,18,19)/t11-,12+/m1/s1. The van der Waals surface area contributed by atoms with Gasteiger partial charge in [-0.05, 0) is 44.9 Å². The first-order valence-electron chi connectivity index (χ1n) is 6.56. The van der Waals surface area contributed by atoms with Gasteiger partial charge in [0.05, 0.1) is 0 Å². The maximum atomic E-state index is 12.0. The number of carbonyl (C=O) groups excluding carboxylic acids is 1. The van der Waals surface area contributed by atoms with E-state index in [4.69, 9.17) is 22.1 Å². The van der Waals surface area contributed by atoms with Crippen molar-refractivity contribution in [3.63, 3.8) is 0 Å². The molecule has 0 unspecified atom stereocenters. The SMILES string of the molecule is CC(C)(C)OC(=O)[C@H](C(=O)O)[C@H](N)Cc1ccc(Cl)cc1. The molecule has 0 amide bonds. The number of aliphatic carboxylic acids is 1. The summed E-state index contributed by atoms with van der Waals surface area (Å²) < 4.78 is 5.12. The van der Waals surface area contributed by atoms with E-state index in [1.165, 1.54) is 0 Å². The van der Waals surface area contributed by atoms with Crippen molar-refractivity contribution in [3.05, 3.63) is 34.9 Å². The Labute approximate surface area is 129 Å². The van der Waals surface area contributed by atoms with Crippen molar-refractivity contribution in [2.24, 2.45) is 11.7 Å². The minimum atomic E-state index is -1.40. The number of carboxylic acid groups (broad SMARTS) is 1. The van der Waals surface area contributed by atoms with Crippen LogP contribution in [0.2, 0.25) is 5.02 Å². The topological polar surface area (TPSA) is 89.6 Å². The smallest absolute Gasteiger partial charge is 0.322 e. The Bertz CT molecular complexity index is 507. The van der Waals surface area contributed by atoms with E-state index in [9.17, 15) is 14.7 Å². The highest BCUT2D eigenvalue weighted by atomic mass is 35.5. The average molecular weight is 314 g/mol. The van der Waals surface area contributed by atoms with Crippen LogP contribution in [-0.4, -0.2) is 28.7 Å². The normalized spacial score (nSPS) is 14.3. The summed E-state index contributed by atoms with van der Waals surface area (Å²) in [6, 6.07) is 5.99. The molecule has 0 aliphatic rings. The number of benzene rings is 1. The summed E-state index contributed by atoms with van der Waals surface area (Å²) in [7, 11) is 0. The molecule has 6 heteroatoms. The van der Waals surface area contributed by atoms with E-state index in [-0.39, 0.29) is 6.42 Å². The third-order valence-corrected chi connectivity index (χ3v) is 2.99. The molecular weight excluding hydrogens is 294 g/mol. The number of ether oxygens (including phenoxy) is 1. The van der Waals surface area contributed by atoms with Gasteiger partial charge in [0.15, 0.2) is 5.92 Å². The van der Waals surface area contributed by atoms with Crippen molar-refractivity contribution in [1.29, 1.82) is 0 Å². The molecule has 0 radical (unpaired) electrons. The number of esters is 1. The van der Waals surface area contributed by atoms with E-state index in [0.717, 1.165) is 5.56 Å². The summed E-state index contributed by atoms with van der Waals surface area (Å²) in [5, 5.41) is 9.81. The third kappa shape index (κ3) is 5.73. The highest BCUT2D eigenvalue weighted by molar-refractivity contribution is 6.30. The van der Waals surface area contributed by atoms with Crippen molar-refractivity contribution in [1.82, 2.24) is 0 Å². The monoisotopic (exact) mass is 313 g/mol. The summed E-state index contributed by atoms with van der Waals surface area (Å²) in [6.07, 6.45) is 0.243. The molecule has 0 bridgehead atoms. The molecule has 2 atom stereocenters. The highest BCUT2D eigenvalue weighted by Gasteiger charge is 2.36. The third-order valence-electron chi connectivity index (χ3n) is 2.74. The lowest BCUT2D eigenvalue weighted by Crippen LogP contribution is -2.45. The molecule has 0 aromatic heterocycles. The van der Waals surface area contributed by atoms with Crippen LogP contribution in [0.1, 0.15) is 26.3 Å². The predicted octanol–water partition coefficient (Wildman–Crippen LogP) is 2.25. The van der Waals surface area contributed by atoms with Gasteiger partial charge in [0.25, 0.3) is 0 Å². The number of carboxylic acids is 1. The van der Waals surface area contributed by atoms with Gasteiger partial charge < -0.3 is 15.6 Å². The first-order chi connectivity index (χ1) is 9.60. The van der Waals surface area contributed by atoms with Crippen molar-refractivity contribution in [2.75, 3.05) is 0 Å². The van der Waals surface area contributed by atoms with Gasteiger partial charge in [-0.25, -0.2) is 0 Å². The maximum Gasteiger partial charge on any atom is 0.322 e. The molecule has 116 valence electrons. The van der Waals surface area contributed by atoms with Crippen LogP contribution in [-0.2, 0) is 20.7 Å². The van der Waals surface area contributed by atoms with Crippen molar-refractivity contribution in [2.45, 2.75) is 38.8 Å². The molecule has 5 nitrogen and oxygen atoms in total. The second-order valence-electron chi connectivity index (χ2n) is 5.84. The van der Waals surface area contributed by atoms with E-state index < -0.39 is 29.5 Å². The molecule has 0 saturated carbocycles. The van der Waals surface area contributed by atoms with E-state index in [1.807, 2.05) is 0 Å². The Kier molecular flexibility index (Phi) is 5.75. The van der Waals surface area contributed by atoms with Crippen LogP contribution in [0.5, 0.6) is 0 Å². The zero-order chi connectivity index (χ0) is 16.2. The minimum absolute atomic E-state index is 0.243. The van der Waals surface area contributed by atoms with Gasteiger partial charge in [-0.1, -0.05) is 23.7 Å². The Morgan fingerprint density at radius 3 is 2.24 bits per heavy atom. The van der Waals surface area contributed by atoms with Crippen LogP contribution < -0.4 is 5.73 Å². The van der Waals surface area contributed by atoms with Gasteiger partial charge >= 0.3 is 11.9 Å². The quantitative estimate of drug-likeness (QED) is 0.643. The molecule has 1 rings (SSSR count). The summed E-state index contributed by atoms with van der Waals surface area (Å²) in [5.74, 6) is -3.51. The number of hydrogen-bond acceptors (Lipinski definition) is 4. The lowest BCUT2D eigenvalue weighted by molar-refractivity contribution is -0.167. The van der Waals surface area contributed by atoms with Crippen LogP contribution in [0.15, 0.2) is 24.3 Å². The summed E-state index contributed by atoms with van der Waals surface area (Å²) in [4.78, 5) is 23.3. The van der Waals surface area contributed by atoms with E-state index in [0.29, 0.717) is 5.02 Å². The molecule has 3 N–H and O–H groups in total. The number of halogens is 1. The van der Waals surface area contributed by atoms with Crippen molar-refractivity contribution in [3.8, 4) is 0 Å². The predicted molar refractivity (Wildman–Crippen MR) is 80.1 cm³/mol. The van der Waals surface area contributed by atoms with Gasteiger partial charge in [-0.2, -0.15) is 0 Å². The zero-order valence-corrected chi connectivity index (χ0v) is 13.1. The average Bonchev–Trinajstić information content (AvgIpc) is 2.29. The highest BCUT2D eigenvalue weighted by Crippen LogP contribution is 2.17. The summed E-state index contributed by atoms with van der Waals surface area (Å²) in [6.45, 7) is 5.03. The zero-order valence-electron chi connectivity index (χ0n) is 12.3. The second-order valence-corrected chi connectivity index (χ2v) is 6.28. The van der Waals surface area contributed by atoms with Gasteiger partial charge in [0.2, 0.25) is 0 Å². The van der Waals surface area contributed by atoms with Crippen molar-refractivity contribution >= 4 is 23.5 Å². The lowest BCUT2D eigenvalue weighted by atomic mass is 9.94. The first-order valence-corrected chi connectivity index (χ1v) is 6.93. The Morgan fingerprint density at radius 2 is 1.81 bits per heavy atom. The molecule has 21 heavy (non-hydrogen) atoms. The van der Waals surface area contributed by atoms with Crippen molar-refractivity contribution < 1.29 is 19.4 Å². The van der Waals surface area contributed by atoms with Crippen LogP contribution in [0, 0.1) is 5.92 Å². The molecular formula is C15H20ClNO4. The van der Waals surface area contributed by atoms with Crippen LogP contribution in [0.4, 0.5) is 0 Å². The van der Waals surface area contributed by atoms with Gasteiger partial charge in [0, 0.05) is 11.1 Å². The molecule has 1 aromatic rings. The maximum absolute atomic E-state index is 12.0. The molecule has 0 heterocycles. The summed E-state index contributed by atoms with van der Waals surface area (Å²) in [5.41, 5.74) is 5.94. The van der Waals surface area contributed by atoms with Gasteiger partial charge in [-0.15, -0.1) is 0 Å². The molecule has 0 saturated heterocycles. The summed E-state index contributed by atoms with van der Waals surface area (Å²) >= 11 is 5.78. The fraction of sp³-hybridized carbons (Fsp3) is 0.467. The second kappa shape index (κ2) is 6.91. The number of carbonyl (C=O) groups is 2. The van der Waals surface area contributed by atoms with E-state index in [1.54, 1.807) is 45.0 Å².